The molecule has 0 bridgehead atoms. The number of halogens is 3. The van der Waals surface area contributed by atoms with Crippen LogP contribution in [-0.2, 0) is 5.88 Å². The fourth-order valence-corrected chi connectivity index (χ4v) is 2.62. The first-order valence-electron chi connectivity index (χ1n) is 5.95. The van der Waals surface area contributed by atoms with Gasteiger partial charge in [-0.15, -0.1) is 11.6 Å². The van der Waals surface area contributed by atoms with Crippen LogP contribution in [0.3, 0.4) is 0 Å². The molecule has 0 aliphatic heterocycles. The molecule has 0 fully saturated rings. The van der Waals surface area contributed by atoms with Crippen LogP contribution in [0.15, 0.2) is 34.9 Å². The third-order valence-corrected chi connectivity index (χ3v) is 3.67. The fraction of sp³-hybridized carbons (Fsp3) is 0.143. The van der Waals surface area contributed by atoms with Crippen molar-refractivity contribution in [2.45, 2.75) is 12.8 Å². The van der Waals surface area contributed by atoms with Crippen LogP contribution in [0, 0.1) is 12.7 Å². The van der Waals surface area contributed by atoms with Gasteiger partial charge in [0.05, 0.1) is 11.6 Å². The van der Waals surface area contributed by atoms with Crippen molar-refractivity contribution in [2.75, 3.05) is 0 Å². The van der Waals surface area contributed by atoms with Crippen LogP contribution in [-0.4, -0.2) is 14.5 Å². The normalized spacial score (nSPS) is 11.2. The Balaban J connectivity index is 2.37. The molecule has 0 N–H and O–H groups in total. The van der Waals surface area contributed by atoms with Gasteiger partial charge in [-0.2, -0.15) is 0 Å². The summed E-state index contributed by atoms with van der Waals surface area (Å²) in [6.45, 7) is 1.91. The molecular formula is C14H10BrClFN3. The lowest BCUT2D eigenvalue weighted by molar-refractivity contribution is 0.617. The number of nitrogens with zero attached hydrogens (tertiary/aromatic N) is 3. The average Bonchev–Trinajstić information content (AvgIpc) is 2.78. The molecule has 3 rings (SSSR count). The number of aromatic nitrogens is 3. The Labute approximate surface area is 128 Å². The molecule has 3 nitrogen and oxygen atoms in total. The molecule has 1 aromatic carbocycles. The summed E-state index contributed by atoms with van der Waals surface area (Å²) in [7, 11) is 0. The molecule has 20 heavy (non-hydrogen) atoms. The molecule has 6 heteroatoms. The smallest absolute Gasteiger partial charge is 0.164 e. The molecule has 102 valence electrons. The van der Waals surface area contributed by atoms with Crippen LogP contribution in [0.5, 0.6) is 0 Å². The van der Waals surface area contributed by atoms with Gasteiger partial charge in [0.2, 0.25) is 0 Å². The van der Waals surface area contributed by atoms with E-state index < -0.39 is 0 Å². The minimum absolute atomic E-state index is 0.182. The van der Waals surface area contributed by atoms with Crippen LogP contribution in [0.25, 0.3) is 16.9 Å². The number of hydrogen-bond donors (Lipinski definition) is 0. The van der Waals surface area contributed by atoms with Gasteiger partial charge in [-0.1, -0.05) is 6.07 Å². The van der Waals surface area contributed by atoms with Gasteiger partial charge in [0, 0.05) is 10.7 Å². The van der Waals surface area contributed by atoms with Crippen molar-refractivity contribution in [3.8, 4) is 5.69 Å². The Bertz CT molecular complexity index is 800. The number of benzene rings is 1. The van der Waals surface area contributed by atoms with Gasteiger partial charge in [0.25, 0.3) is 0 Å². The molecule has 2 aromatic heterocycles. The zero-order valence-corrected chi connectivity index (χ0v) is 12.9. The molecule has 0 amide bonds. The van der Waals surface area contributed by atoms with Gasteiger partial charge in [-0.3, -0.25) is 4.57 Å². The van der Waals surface area contributed by atoms with Crippen LogP contribution >= 0.6 is 27.5 Å². The Morgan fingerprint density at radius 1 is 1.35 bits per heavy atom. The number of imidazole rings is 1. The van der Waals surface area contributed by atoms with Gasteiger partial charge in [0.15, 0.2) is 5.65 Å². The number of fused-ring (bicyclic) bond motifs is 1. The number of rotatable bonds is 2. The molecule has 0 saturated carbocycles. The van der Waals surface area contributed by atoms with Gasteiger partial charge in [-0.05, 0) is 46.6 Å². The van der Waals surface area contributed by atoms with E-state index in [0.29, 0.717) is 22.7 Å². The molecule has 0 aliphatic rings. The third kappa shape index (κ3) is 2.21. The van der Waals surface area contributed by atoms with E-state index in [-0.39, 0.29) is 11.7 Å². The molecule has 3 aromatic rings. The lowest BCUT2D eigenvalue weighted by Crippen LogP contribution is -2.03. The van der Waals surface area contributed by atoms with E-state index in [2.05, 4.69) is 25.9 Å². The van der Waals surface area contributed by atoms with Crippen molar-refractivity contribution in [1.29, 1.82) is 0 Å². The SMILES string of the molecule is Cc1ccc(F)c(-n2c(CCl)nc3cc(Br)cnc32)c1. The van der Waals surface area contributed by atoms with Crippen LogP contribution in [0.4, 0.5) is 4.39 Å². The highest BCUT2D eigenvalue weighted by molar-refractivity contribution is 9.10. The van der Waals surface area contributed by atoms with Crippen molar-refractivity contribution in [2.24, 2.45) is 0 Å². The highest BCUT2D eigenvalue weighted by atomic mass is 79.9. The molecule has 0 unspecified atom stereocenters. The van der Waals surface area contributed by atoms with E-state index in [1.807, 2.05) is 13.0 Å². The molecule has 2 heterocycles. The monoisotopic (exact) mass is 353 g/mol. The first-order chi connectivity index (χ1) is 9.60. The summed E-state index contributed by atoms with van der Waals surface area (Å²) < 4.78 is 16.6. The van der Waals surface area contributed by atoms with E-state index in [1.54, 1.807) is 22.9 Å². The first kappa shape index (κ1) is 13.5. The number of hydrogen-bond acceptors (Lipinski definition) is 2. The largest absolute Gasteiger partial charge is 0.277 e. The number of aryl methyl sites for hydroxylation is 1. The molecule has 0 radical (unpaired) electrons. The summed E-state index contributed by atoms with van der Waals surface area (Å²) in [6.07, 6.45) is 1.66. The minimum Gasteiger partial charge on any atom is -0.277 e. The van der Waals surface area contributed by atoms with Gasteiger partial charge in [0.1, 0.15) is 17.2 Å². The van der Waals surface area contributed by atoms with Crippen LogP contribution in [0.1, 0.15) is 11.4 Å². The van der Waals surface area contributed by atoms with Gasteiger partial charge < -0.3 is 0 Å². The second-order valence-electron chi connectivity index (χ2n) is 4.45. The highest BCUT2D eigenvalue weighted by Gasteiger charge is 2.16. The average molecular weight is 355 g/mol. The zero-order chi connectivity index (χ0) is 14.3. The highest BCUT2D eigenvalue weighted by Crippen LogP contribution is 2.25. The summed E-state index contributed by atoms with van der Waals surface area (Å²) in [5, 5.41) is 0. The maximum atomic E-state index is 14.1. The lowest BCUT2D eigenvalue weighted by atomic mass is 10.2. The molecule has 0 saturated heterocycles. The molecule has 0 aliphatic carbocycles. The summed E-state index contributed by atoms with van der Waals surface area (Å²) in [5.41, 5.74) is 2.64. The maximum Gasteiger partial charge on any atom is 0.164 e. The van der Waals surface area contributed by atoms with Crippen LogP contribution < -0.4 is 0 Å². The lowest BCUT2D eigenvalue weighted by Gasteiger charge is -2.09. The third-order valence-electron chi connectivity index (χ3n) is 3.00. The van der Waals surface area contributed by atoms with E-state index in [0.717, 1.165) is 10.0 Å². The Hall–Kier alpha value is -1.46. The maximum absolute atomic E-state index is 14.1. The number of pyridine rings is 1. The summed E-state index contributed by atoms with van der Waals surface area (Å²) in [4.78, 5) is 8.74. The molecular weight excluding hydrogens is 345 g/mol. The van der Waals surface area contributed by atoms with E-state index >= 15 is 0 Å². The van der Waals surface area contributed by atoms with Crippen LogP contribution in [0.2, 0.25) is 0 Å². The van der Waals surface area contributed by atoms with Crippen molar-refractivity contribution < 1.29 is 4.39 Å². The zero-order valence-electron chi connectivity index (χ0n) is 10.6. The van der Waals surface area contributed by atoms with Crippen molar-refractivity contribution in [3.05, 3.63) is 52.1 Å². The van der Waals surface area contributed by atoms with E-state index in [4.69, 9.17) is 11.6 Å². The Kier molecular flexibility index (Phi) is 3.48. The fourth-order valence-electron chi connectivity index (χ4n) is 2.12. The summed E-state index contributed by atoms with van der Waals surface area (Å²) in [6, 6.07) is 6.76. The quantitative estimate of drug-likeness (QED) is 0.640. The number of alkyl halides is 1. The van der Waals surface area contributed by atoms with Crippen molar-refractivity contribution in [3.63, 3.8) is 0 Å². The minimum atomic E-state index is -0.328. The van der Waals surface area contributed by atoms with E-state index in [1.165, 1.54) is 6.07 Å². The van der Waals surface area contributed by atoms with E-state index in [9.17, 15) is 4.39 Å². The van der Waals surface area contributed by atoms with Gasteiger partial charge in [-0.25, -0.2) is 14.4 Å². The van der Waals surface area contributed by atoms with Crippen molar-refractivity contribution in [1.82, 2.24) is 14.5 Å². The second kappa shape index (κ2) is 5.14. The Morgan fingerprint density at radius 3 is 2.90 bits per heavy atom. The summed E-state index contributed by atoms with van der Waals surface area (Å²) in [5.74, 6) is 0.421. The van der Waals surface area contributed by atoms with Gasteiger partial charge >= 0.3 is 0 Å². The second-order valence-corrected chi connectivity index (χ2v) is 5.63. The predicted octanol–water partition coefficient (Wildman–Crippen LogP) is 4.37. The standard InChI is InChI=1S/C14H10BrClFN3/c1-8-2-3-10(17)12(4-8)20-13(6-16)19-11-5-9(15)7-18-14(11)20/h2-5,7H,6H2,1H3. The van der Waals surface area contributed by atoms with Crippen molar-refractivity contribution >= 4 is 38.7 Å². The predicted molar refractivity (Wildman–Crippen MR) is 80.8 cm³/mol. The topological polar surface area (TPSA) is 30.7 Å². The molecule has 0 spiro atoms. The first-order valence-corrected chi connectivity index (χ1v) is 7.28. The summed E-state index contributed by atoms with van der Waals surface area (Å²) >= 11 is 9.29. The molecule has 0 atom stereocenters. The Morgan fingerprint density at radius 2 is 2.15 bits per heavy atom.